The number of fused-ring (bicyclic) bond motifs is 1. The van der Waals surface area contributed by atoms with Crippen molar-refractivity contribution in [3.63, 3.8) is 0 Å². The van der Waals surface area contributed by atoms with E-state index in [0.29, 0.717) is 31.6 Å². The Morgan fingerprint density at radius 2 is 2.07 bits per heavy atom. The SMILES string of the molecule is COC(=O)c1c(S(=O)(=O)NCC(C)C)sc2c1CCN(Cc1ccccc1F)C2. The van der Waals surface area contributed by atoms with Crippen molar-refractivity contribution in [1.29, 1.82) is 0 Å². The lowest BCUT2D eigenvalue weighted by Gasteiger charge is -2.27. The summed E-state index contributed by atoms with van der Waals surface area (Å²) in [5, 5.41) is 0. The number of carbonyl (C=O) groups is 1. The smallest absolute Gasteiger partial charge is 0.340 e. The number of nitrogens with zero attached hydrogens (tertiary/aromatic N) is 1. The summed E-state index contributed by atoms with van der Waals surface area (Å²) in [5.41, 5.74) is 1.44. The number of ether oxygens (including phenoxy) is 1. The third-order valence-electron chi connectivity index (χ3n) is 4.77. The van der Waals surface area contributed by atoms with Crippen LogP contribution in [0.25, 0.3) is 0 Å². The van der Waals surface area contributed by atoms with Crippen LogP contribution in [-0.4, -0.2) is 39.5 Å². The van der Waals surface area contributed by atoms with Crippen LogP contribution in [0.1, 0.15) is 40.2 Å². The first-order chi connectivity index (χ1) is 13.7. The van der Waals surface area contributed by atoms with Crippen molar-refractivity contribution >= 4 is 27.3 Å². The Hall–Kier alpha value is -1.81. The molecule has 1 aromatic carbocycles. The molecule has 3 rings (SSSR count). The molecule has 0 amide bonds. The molecular weight excluding hydrogens is 415 g/mol. The molecule has 0 fully saturated rings. The van der Waals surface area contributed by atoms with Gasteiger partial charge in [-0.05, 0) is 24.0 Å². The first kappa shape index (κ1) is 21.9. The van der Waals surface area contributed by atoms with Gasteiger partial charge in [-0.2, -0.15) is 0 Å². The minimum Gasteiger partial charge on any atom is -0.465 e. The summed E-state index contributed by atoms with van der Waals surface area (Å²) in [6.45, 7) is 5.57. The number of nitrogens with one attached hydrogen (secondary N) is 1. The molecule has 0 saturated heterocycles. The van der Waals surface area contributed by atoms with Crippen molar-refractivity contribution in [1.82, 2.24) is 9.62 Å². The number of methoxy groups -OCH3 is 1. The fourth-order valence-corrected chi connectivity index (χ4v) is 6.46. The molecule has 2 heterocycles. The Kier molecular flexibility index (Phi) is 6.72. The van der Waals surface area contributed by atoms with Crippen LogP contribution in [0.5, 0.6) is 0 Å². The van der Waals surface area contributed by atoms with Crippen LogP contribution in [0.3, 0.4) is 0 Å². The van der Waals surface area contributed by atoms with Gasteiger partial charge in [0.05, 0.1) is 12.7 Å². The zero-order chi connectivity index (χ0) is 21.2. The van der Waals surface area contributed by atoms with Gasteiger partial charge in [0.15, 0.2) is 0 Å². The van der Waals surface area contributed by atoms with Crippen LogP contribution >= 0.6 is 11.3 Å². The molecule has 0 aliphatic carbocycles. The fraction of sp³-hybridized carbons (Fsp3) is 0.450. The zero-order valence-corrected chi connectivity index (χ0v) is 18.3. The van der Waals surface area contributed by atoms with E-state index in [9.17, 15) is 17.6 Å². The molecule has 0 spiro atoms. The number of esters is 1. The molecule has 0 bridgehead atoms. The number of rotatable bonds is 7. The van der Waals surface area contributed by atoms with Gasteiger partial charge in [0, 0.05) is 36.6 Å². The van der Waals surface area contributed by atoms with E-state index in [4.69, 9.17) is 4.74 Å². The van der Waals surface area contributed by atoms with Crippen molar-refractivity contribution in [2.75, 3.05) is 20.2 Å². The van der Waals surface area contributed by atoms with Gasteiger partial charge in [-0.25, -0.2) is 22.3 Å². The number of hydrogen-bond donors (Lipinski definition) is 1. The van der Waals surface area contributed by atoms with E-state index in [2.05, 4.69) is 9.62 Å². The maximum absolute atomic E-state index is 14.0. The highest BCUT2D eigenvalue weighted by Gasteiger charge is 2.34. The van der Waals surface area contributed by atoms with Gasteiger partial charge in [0.25, 0.3) is 10.0 Å². The number of hydrogen-bond acceptors (Lipinski definition) is 6. The molecule has 29 heavy (non-hydrogen) atoms. The van der Waals surface area contributed by atoms with Gasteiger partial charge in [0.2, 0.25) is 0 Å². The molecule has 1 aliphatic heterocycles. The topological polar surface area (TPSA) is 75.7 Å². The second kappa shape index (κ2) is 8.91. The summed E-state index contributed by atoms with van der Waals surface area (Å²) in [4.78, 5) is 15.3. The van der Waals surface area contributed by atoms with Crippen molar-refractivity contribution in [2.24, 2.45) is 5.92 Å². The van der Waals surface area contributed by atoms with Crippen LogP contribution in [0.2, 0.25) is 0 Å². The van der Waals surface area contributed by atoms with E-state index in [1.807, 2.05) is 13.8 Å². The molecule has 1 aliphatic rings. The molecular formula is C20H25FN2O4S2. The van der Waals surface area contributed by atoms with E-state index >= 15 is 0 Å². The Morgan fingerprint density at radius 3 is 2.72 bits per heavy atom. The van der Waals surface area contributed by atoms with Gasteiger partial charge in [-0.15, -0.1) is 11.3 Å². The first-order valence-corrected chi connectivity index (χ1v) is 11.7. The average molecular weight is 441 g/mol. The van der Waals surface area contributed by atoms with Crippen LogP contribution in [-0.2, 0) is 34.3 Å². The molecule has 1 N–H and O–H groups in total. The van der Waals surface area contributed by atoms with Crippen LogP contribution < -0.4 is 4.72 Å². The summed E-state index contributed by atoms with van der Waals surface area (Å²) in [6, 6.07) is 6.61. The third-order valence-corrected chi connectivity index (χ3v) is 7.93. The molecule has 158 valence electrons. The predicted octanol–water partition coefficient (Wildman–Crippen LogP) is 3.17. The Balaban J connectivity index is 1.91. The maximum Gasteiger partial charge on any atom is 0.340 e. The second-order valence-corrected chi connectivity index (χ2v) is 10.5. The van der Waals surface area contributed by atoms with E-state index in [1.54, 1.807) is 18.2 Å². The molecule has 2 aromatic rings. The number of carbonyl (C=O) groups excluding carboxylic acids is 1. The lowest BCUT2D eigenvalue weighted by molar-refractivity contribution is 0.0595. The summed E-state index contributed by atoms with van der Waals surface area (Å²) < 4.78 is 47.1. The summed E-state index contributed by atoms with van der Waals surface area (Å²) >= 11 is 1.10. The van der Waals surface area contributed by atoms with E-state index in [-0.39, 0.29) is 28.1 Å². The van der Waals surface area contributed by atoms with Gasteiger partial charge in [-0.1, -0.05) is 32.0 Å². The normalized spacial score (nSPS) is 14.8. The molecule has 0 radical (unpaired) electrons. The van der Waals surface area contributed by atoms with Gasteiger partial charge in [0.1, 0.15) is 10.0 Å². The summed E-state index contributed by atoms with van der Waals surface area (Å²) in [5.74, 6) is -0.770. The highest BCUT2D eigenvalue weighted by Crippen LogP contribution is 2.37. The lowest BCUT2D eigenvalue weighted by Crippen LogP contribution is -2.30. The van der Waals surface area contributed by atoms with Crippen molar-refractivity contribution in [3.05, 3.63) is 51.7 Å². The maximum atomic E-state index is 14.0. The highest BCUT2D eigenvalue weighted by molar-refractivity contribution is 7.91. The van der Waals surface area contributed by atoms with Crippen molar-refractivity contribution in [3.8, 4) is 0 Å². The minimum absolute atomic E-state index is 0.00254. The zero-order valence-electron chi connectivity index (χ0n) is 16.7. The Labute approximate surface area is 174 Å². The van der Waals surface area contributed by atoms with Gasteiger partial charge >= 0.3 is 5.97 Å². The number of benzene rings is 1. The predicted molar refractivity (Wildman–Crippen MR) is 110 cm³/mol. The highest BCUT2D eigenvalue weighted by atomic mass is 32.2. The average Bonchev–Trinajstić information content (AvgIpc) is 3.07. The molecule has 6 nitrogen and oxygen atoms in total. The van der Waals surface area contributed by atoms with E-state index in [0.717, 1.165) is 21.8 Å². The Bertz CT molecular complexity index is 1000. The molecule has 1 aromatic heterocycles. The number of halogens is 1. The molecule has 0 atom stereocenters. The molecule has 0 unspecified atom stereocenters. The molecule has 0 saturated carbocycles. The van der Waals surface area contributed by atoms with Gasteiger partial charge < -0.3 is 4.74 Å². The van der Waals surface area contributed by atoms with Crippen LogP contribution in [0, 0.1) is 11.7 Å². The summed E-state index contributed by atoms with van der Waals surface area (Å²) in [7, 11) is -2.58. The Morgan fingerprint density at radius 1 is 1.34 bits per heavy atom. The lowest BCUT2D eigenvalue weighted by atomic mass is 10.0. The quantitative estimate of drug-likeness (QED) is 0.670. The minimum atomic E-state index is -3.83. The largest absolute Gasteiger partial charge is 0.465 e. The third kappa shape index (κ3) is 4.85. The number of thiophene rings is 1. The van der Waals surface area contributed by atoms with Crippen LogP contribution in [0.15, 0.2) is 28.5 Å². The number of sulfonamides is 1. The standard InChI is InChI=1S/C20H25FN2O4S2/c1-13(2)10-22-29(25,26)20-18(19(24)27-3)15-8-9-23(12-17(15)28-20)11-14-6-4-5-7-16(14)21/h4-7,13,22H,8-12H2,1-3H3. The summed E-state index contributed by atoms with van der Waals surface area (Å²) in [6.07, 6.45) is 0.504. The first-order valence-electron chi connectivity index (χ1n) is 9.41. The van der Waals surface area contributed by atoms with Crippen LogP contribution in [0.4, 0.5) is 4.39 Å². The van der Waals surface area contributed by atoms with Crippen molar-refractivity contribution in [2.45, 2.75) is 37.6 Å². The fourth-order valence-electron chi connectivity index (χ4n) is 3.27. The van der Waals surface area contributed by atoms with E-state index in [1.165, 1.54) is 13.2 Å². The van der Waals surface area contributed by atoms with E-state index < -0.39 is 16.0 Å². The monoisotopic (exact) mass is 440 g/mol. The van der Waals surface area contributed by atoms with Gasteiger partial charge in [-0.3, -0.25) is 4.90 Å². The second-order valence-electron chi connectivity index (χ2n) is 7.46. The van der Waals surface area contributed by atoms with Crippen molar-refractivity contribution < 1.29 is 22.3 Å². The molecule has 9 heteroatoms.